The first-order valence-electron chi connectivity index (χ1n) is 6.36. The molecule has 0 fully saturated rings. The fourth-order valence-corrected chi connectivity index (χ4v) is 2.06. The molecule has 3 rings (SSSR count). The Hall–Kier alpha value is -3.53. The summed E-state index contributed by atoms with van der Waals surface area (Å²) in [5, 5.41) is 19.0. The van der Waals surface area contributed by atoms with E-state index in [-0.39, 0.29) is 5.69 Å². The van der Waals surface area contributed by atoms with Crippen LogP contribution in [0, 0.1) is 11.3 Å². The predicted octanol–water partition coefficient (Wildman–Crippen LogP) is 1.50. The molecule has 0 aliphatic heterocycles. The molecule has 0 unspecified atom stereocenters. The average molecular weight is 290 g/mol. The van der Waals surface area contributed by atoms with E-state index in [0.717, 1.165) is 5.56 Å². The van der Waals surface area contributed by atoms with Crippen LogP contribution in [0.4, 0.5) is 0 Å². The molecule has 3 N–H and O–H groups in total. The number of nitriles is 1. The first kappa shape index (κ1) is 13.5. The maximum atomic E-state index is 11.3. The molecule has 0 spiro atoms. The second kappa shape index (κ2) is 5.46. The molecule has 0 saturated heterocycles. The number of nitrogens with one attached hydrogen (secondary N) is 1. The highest BCUT2D eigenvalue weighted by Gasteiger charge is 2.15. The maximum Gasteiger partial charge on any atom is 0.271 e. The van der Waals surface area contributed by atoms with Gasteiger partial charge in [0.05, 0.1) is 17.3 Å². The van der Waals surface area contributed by atoms with Crippen LogP contribution in [0.5, 0.6) is 0 Å². The fourth-order valence-electron chi connectivity index (χ4n) is 2.06. The number of amides is 1. The molecular weight excluding hydrogens is 280 g/mol. The lowest BCUT2D eigenvalue weighted by molar-refractivity contribution is 0.0996. The van der Waals surface area contributed by atoms with Gasteiger partial charge in [0.1, 0.15) is 5.69 Å². The maximum absolute atomic E-state index is 11.3. The zero-order valence-electron chi connectivity index (χ0n) is 11.3. The first-order valence-corrected chi connectivity index (χ1v) is 6.36. The third-order valence-electron chi connectivity index (χ3n) is 3.12. The SMILES string of the molecule is N#Cc1ccnc(-c2ccc(-c3n[nH]nc3C(N)=O)cc2)c1. The van der Waals surface area contributed by atoms with Crippen molar-refractivity contribution < 1.29 is 4.79 Å². The van der Waals surface area contributed by atoms with Crippen molar-refractivity contribution in [2.24, 2.45) is 5.73 Å². The Balaban J connectivity index is 1.98. The van der Waals surface area contributed by atoms with Crippen LogP contribution in [0.2, 0.25) is 0 Å². The van der Waals surface area contributed by atoms with Gasteiger partial charge in [0.2, 0.25) is 0 Å². The molecule has 1 amide bonds. The summed E-state index contributed by atoms with van der Waals surface area (Å²) in [6, 6.07) is 12.7. The molecule has 22 heavy (non-hydrogen) atoms. The number of hydrogen-bond acceptors (Lipinski definition) is 5. The number of carbonyl (C=O) groups is 1. The lowest BCUT2D eigenvalue weighted by atomic mass is 10.0. The topological polar surface area (TPSA) is 121 Å². The number of rotatable bonds is 3. The molecule has 3 aromatic rings. The van der Waals surface area contributed by atoms with Crippen LogP contribution in [-0.2, 0) is 0 Å². The van der Waals surface area contributed by atoms with Gasteiger partial charge in [-0.3, -0.25) is 9.78 Å². The van der Waals surface area contributed by atoms with E-state index >= 15 is 0 Å². The van der Waals surface area contributed by atoms with Crippen molar-refractivity contribution in [2.75, 3.05) is 0 Å². The molecule has 2 heterocycles. The van der Waals surface area contributed by atoms with Crippen LogP contribution >= 0.6 is 0 Å². The Morgan fingerprint density at radius 1 is 1.14 bits per heavy atom. The third kappa shape index (κ3) is 2.41. The van der Waals surface area contributed by atoms with Crippen LogP contribution < -0.4 is 5.73 Å². The molecule has 7 nitrogen and oxygen atoms in total. The van der Waals surface area contributed by atoms with Gasteiger partial charge in [-0.1, -0.05) is 24.3 Å². The second-order valence-corrected chi connectivity index (χ2v) is 4.50. The number of aromatic nitrogens is 4. The second-order valence-electron chi connectivity index (χ2n) is 4.50. The monoisotopic (exact) mass is 290 g/mol. The highest BCUT2D eigenvalue weighted by Crippen LogP contribution is 2.24. The van der Waals surface area contributed by atoms with Crippen LogP contribution in [0.15, 0.2) is 42.6 Å². The smallest absolute Gasteiger partial charge is 0.271 e. The van der Waals surface area contributed by atoms with Gasteiger partial charge in [0, 0.05) is 17.3 Å². The van der Waals surface area contributed by atoms with E-state index in [4.69, 9.17) is 11.0 Å². The number of H-pyrrole nitrogens is 1. The molecule has 0 aliphatic carbocycles. The van der Waals surface area contributed by atoms with Gasteiger partial charge in [-0.25, -0.2) is 0 Å². The normalized spacial score (nSPS) is 10.1. The van der Waals surface area contributed by atoms with Crippen molar-refractivity contribution in [3.8, 4) is 28.6 Å². The van der Waals surface area contributed by atoms with E-state index in [1.165, 1.54) is 0 Å². The predicted molar refractivity (Wildman–Crippen MR) is 78.3 cm³/mol. The number of nitrogens with zero attached hydrogens (tertiary/aromatic N) is 4. The first-order chi connectivity index (χ1) is 10.7. The lowest BCUT2D eigenvalue weighted by Crippen LogP contribution is -2.12. The van der Waals surface area contributed by atoms with Crippen molar-refractivity contribution in [3.05, 3.63) is 53.9 Å². The third-order valence-corrected chi connectivity index (χ3v) is 3.12. The molecule has 0 bridgehead atoms. The molecule has 1 aromatic carbocycles. The molecule has 106 valence electrons. The standard InChI is InChI=1S/C15H10N6O/c16-8-9-5-6-18-12(7-9)10-1-3-11(4-2-10)13-14(15(17)22)20-21-19-13/h1-7H,(H2,17,22)(H,19,20,21). The molecule has 2 aromatic heterocycles. The van der Waals surface area contributed by atoms with E-state index in [1.807, 2.05) is 12.1 Å². The molecule has 0 aliphatic rings. The summed E-state index contributed by atoms with van der Waals surface area (Å²) in [6.07, 6.45) is 1.59. The number of carbonyl (C=O) groups excluding carboxylic acids is 1. The zero-order chi connectivity index (χ0) is 15.5. The van der Waals surface area contributed by atoms with E-state index < -0.39 is 5.91 Å². The Labute approximate surface area is 125 Å². The Bertz CT molecular complexity index is 876. The largest absolute Gasteiger partial charge is 0.364 e. The van der Waals surface area contributed by atoms with Gasteiger partial charge in [-0.15, -0.1) is 0 Å². The number of primary amides is 1. The number of benzene rings is 1. The van der Waals surface area contributed by atoms with Crippen molar-refractivity contribution in [3.63, 3.8) is 0 Å². The molecule has 0 radical (unpaired) electrons. The van der Waals surface area contributed by atoms with Crippen molar-refractivity contribution in [2.45, 2.75) is 0 Å². The van der Waals surface area contributed by atoms with Crippen molar-refractivity contribution in [1.82, 2.24) is 20.4 Å². The van der Waals surface area contributed by atoms with Gasteiger partial charge in [-0.05, 0) is 12.1 Å². The van der Waals surface area contributed by atoms with Crippen LogP contribution in [0.25, 0.3) is 22.5 Å². The quantitative estimate of drug-likeness (QED) is 0.757. The molecule has 0 atom stereocenters. The summed E-state index contributed by atoms with van der Waals surface area (Å²) in [4.78, 5) is 15.5. The number of aromatic amines is 1. The van der Waals surface area contributed by atoms with E-state index in [1.54, 1.807) is 30.5 Å². The summed E-state index contributed by atoms with van der Waals surface area (Å²) >= 11 is 0. The highest BCUT2D eigenvalue weighted by atomic mass is 16.1. The van der Waals surface area contributed by atoms with Gasteiger partial charge in [0.15, 0.2) is 5.69 Å². The van der Waals surface area contributed by atoms with Crippen molar-refractivity contribution >= 4 is 5.91 Å². The number of hydrogen-bond donors (Lipinski definition) is 2. The minimum atomic E-state index is -0.642. The lowest BCUT2D eigenvalue weighted by Gasteiger charge is -2.03. The molecule has 7 heteroatoms. The summed E-state index contributed by atoms with van der Waals surface area (Å²) in [7, 11) is 0. The van der Waals surface area contributed by atoms with E-state index in [0.29, 0.717) is 22.5 Å². The summed E-state index contributed by atoms with van der Waals surface area (Å²) < 4.78 is 0. The van der Waals surface area contributed by atoms with Crippen LogP contribution in [0.3, 0.4) is 0 Å². The Morgan fingerprint density at radius 2 is 1.86 bits per heavy atom. The van der Waals surface area contributed by atoms with Crippen LogP contribution in [-0.4, -0.2) is 26.3 Å². The van der Waals surface area contributed by atoms with Crippen molar-refractivity contribution in [1.29, 1.82) is 5.26 Å². The van der Waals surface area contributed by atoms with E-state index in [2.05, 4.69) is 26.5 Å². The minimum absolute atomic E-state index is 0.0948. The summed E-state index contributed by atoms with van der Waals surface area (Å²) in [5.41, 5.74) is 8.54. The summed E-state index contributed by atoms with van der Waals surface area (Å²) in [6.45, 7) is 0. The Morgan fingerprint density at radius 3 is 2.55 bits per heavy atom. The minimum Gasteiger partial charge on any atom is -0.364 e. The number of nitrogens with two attached hydrogens (primary N) is 1. The molecular formula is C15H10N6O. The highest BCUT2D eigenvalue weighted by molar-refractivity contribution is 5.96. The average Bonchev–Trinajstić information content (AvgIpc) is 3.05. The van der Waals surface area contributed by atoms with E-state index in [9.17, 15) is 4.79 Å². The van der Waals surface area contributed by atoms with Gasteiger partial charge in [0.25, 0.3) is 5.91 Å². The fraction of sp³-hybridized carbons (Fsp3) is 0. The zero-order valence-corrected chi connectivity index (χ0v) is 11.3. The Kier molecular flexibility index (Phi) is 3.34. The number of pyridine rings is 1. The van der Waals surface area contributed by atoms with Gasteiger partial charge < -0.3 is 5.73 Å². The molecule has 0 saturated carbocycles. The van der Waals surface area contributed by atoms with Gasteiger partial charge in [-0.2, -0.15) is 20.7 Å². The summed E-state index contributed by atoms with van der Waals surface area (Å²) in [5.74, 6) is -0.642. The van der Waals surface area contributed by atoms with Gasteiger partial charge >= 0.3 is 0 Å². The van der Waals surface area contributed by atoms with Crippen LogP contribution in [0.1, 0.15) is 16.1 Å².